The van der Waals surface area contributed by atoms with Gasteiger partial charge in [0.25, 0.3) is 0 Å². The molecule has 18 heteroatoms. The number of nitrogens with one attached hydrogen (secondary N) is 3. The summed E-state index contributed by atoms with van der Waals surface area (Å²) >= 11 is 0. The van der Waals surface area contributed by atoms with Crippen molar-refractivity contribution in [2.75, 3.05) is 65.9 Å². The standard InChI is InChI=1S/C36H55N3O15/c1-24(40)39-31-33(53-27(4)43)32(52-26(3)42)29(22-50-25(2)41)54-34(31)49-19-18-48-17-16-47-15-14-46-13-12-37-30(44)20-36(5,6)23-38-35(45)51-21-28-10-8-7-9-11-28/h7-11,29,31-34H,12-23H2,1-6H3,(H,37,44)(H,38,45)(H,39,40). The first kappa shape index (κ1) is 45.8. The first-order valence-corrected chi connectivity index (χ1v) is 17.6. The molecule has 304 valence electrons. The van der Waals surface area contributed by atoms with Gasteiger partial charge in [-0.25, -0.2) is 4.79 Å². The summed E-state index contributed by atoms with van der Waals surface area (Å²) in [4.78, 5) is 71.7. The van der Waals surface area contributed by atoms with E-state index < -0.39 is 66.0 Å². The van der Waals surface area contributed by atoms with Gasteiger partial charge in [0.15, 0.2) is 18.5 Å². The Morgan fingerprint density at radius 2 is 1.31 bits per heavy atom. The molecule has 18 nitrogen and oxygen atoms in total. The summed E-state index contributed by atoms with van der Waals surface area (Å²) in [7, 11) is 0. The van der Waals surface area contributed by atoms with Crippen LogP contribution in [0.15, 0.2) is 30.3 Å². The highest BCUT2D eigenvalue weighted by atomic mass is 16.7. The molecular weight excluding hydrogens is 714 g/mol. The molecule has 1 aliphatic heterocycles. The smallest absolute Gasteiger partial charge is 0.407 e. The number of rotatable bonds is 24. The quantitative estimate of drug-likeness (QED) is 0.0763. The lowest BCUT2D eigenvalue weighted by atomic mass is 9.89. The molecule has 3 amide bonds. The van der Waals surface area contributed by atoms with Gasteiger partial charge < -0.3 is 58.6 Å². The van der Waals surface area contributed by atoms with Gasteiger partial charge >= 0.3 is 24.0 Å². The summed E-state index contributed by atoms with van der Waals surface area (Å²) in [5.41, 5.74) is 0.393. The molecule has 0 radical (unpaired) electrons. The third kappa shape index (κ3) is 19.6. The van der Waals surface area contributed by atoms with Gasteiger partial charge in [0, 0.05) is 47.2 Å². The van der Waals surface area contributed by atoms with Gasteiger partial charge in [-0.05, 0) is 11.0 Å². The average Bonchev–Trinajstić information content (AvgIpc) is 3.09. The van der Waals surface area contributed by atoms with Gasteiger partial charge in [-0.2, -0.15) is 0 Å². The number of carbonyl (C=O) groups is 6. The number of amides is 3. The average molecular weight is 770 g/mol. The van der Waals surface area contributed by atoms with E-state index in [0.717, 1.165) is 19.4 Å². The molecule has 2 rings (SSSR count). The Bertz CT molecular complexity index is 1330. The maximum Gasteiger partial charge on any atom is 0.407 e. The summed E-state index contributed by atoms with van der Waals surface area (Å²) in [5, 5.41) is 8.13. The van der Waals surface area contributed by atoms with Gasteiger partial charge in [-0.15, -0.1) is 0 Å². The number of carbonyl (C=O) groups excluding carboxylic acids is 6. The molecular formula is C36H55N3O15. The van der Waals surface area contributed by atoms with Crippen molar-refractivity contribution in [3.63, 3.8) is 0 Å². The number of esters is 3. The monoisotopic (exact) mass is 769 g/mol. The Kier molecular flexibility index (Phi) is 21.1. The second-order valence-electron chi connectivity index (χ2n) is 13.0. The van der Waals surface area contributed by atoms with Crippen molar-refractivity contribution in [2.24, 2.45) is 5.41 Å². The van der Waals surface area contributed by atoms with E-state index in [1.165, 1.54) is 13.8 Å². The second kappa shape index (κ2) is 24.9. The highest BCUT2D eigenvalue weighted by molar-refractivity contribution is 5.76. The molecule has 0 saturated carbocycles. The fraction of sp³-hybridized carbons (Fsp3) is 0.667. The zero-order chi connectivity index (χ0) is 39.9. The zero-order valence-electron chi connectivity index (χ0n) is 31.9. The van der Waals surface area contributed by atoms with Gasteiger partial charge in [0.05, 0.1) is 46.2 Å². The molecule has 1 saturated heterocycles. The number of ether oxygens (including phenoxy) is 9. The first-order chi connectivity index (χ1) is 25.7. The fourth-order valence-corrected chi connectivity index (χ4v) is 5.11. The molecule has 0 bridgehead atoms. The van der Waals surface area contributed by atoms with Crippen LogP contribution in [0.5, 0.6) is 0 Å². The van der Waals surface area contributed by atoms with Crippen LogP contribution in [0.2, 0.25) is 0 Å². The molecule has 5 unspecified atom stereocenters. The lowest BCUT2D eigenvalue weighted by Gasteiger charge is -2.44. The Balaban J connectivity index is 1.61. The minimum absolute atomic E-state index is 0.00409. The first-order valence-electron chi connectivity index (χ1n) is 17.6. The van der Waals surface area contributed by atoms with Crippen molar-refractivity contribution in [3.8, 4) is 0 Å². The summed E-state index contributed by atoms with van der Waals surface area (Å²) < 4.78 is 49.4. The highest BCUT2D eigenvalue weighted by Gasteiger charge is 2.51. The van der Waals surface area contributed by atoms with E-state index in [2.05, 4.69) is 16.0 Å². The minimum atomic E-state index is -1.22. The van der Waals surface area contributed by atoms with Crippen LogP contribution >= 0.6 is 0 Å². The SMILES string of the molecule is CC(=O)NC1C(OCCOCCOCCOCCNC(=O)CC(C)(C)CNC(=O)OCc2ccccc2)OC(COC(C)=O)C(OC(C)=O)C1OC(C)=O. The van der Waals surface area contributed by atoms with E-state index in [1.54, 1.807) is 0 Å². The predicted molar refractivity (Wildman–Crippen MR) is 188 cm³/mol. The Morgan fingerprint density at radius 3 is 1.91 bits per heavy atom. The summed E-state index contributed by atoms with van der Waals surface area (Å²) in [5.74, 6) is -2.68. The van der Waals surface area contributed by atoms with Crippen molar-refractivity contribution in [1.29, 1.82) is 0 Å². The van der Waals surface area contributed by atoms with Gasteiger partial charge in [-0.1, -0.05) is 44.2 Å². The van der Waals surface area contributed by atoms with Gasteiger partial charge in [-0.3, -0.25) is 24.0 Å². The molecule has 0 spiro atoms. The summed E-state index contributed by atoms with van der Waals surface area (Å²) in [6.45, 7) is 10.4. The molecule has 3 N–H and O–H groups in total. The van der Waals surface area contributed by atoms with Crippen LogP contribution in [-0.4, -0.2) is 132 Å². The number of hydrogen-bond donors (Lipinski definition) is 3. The Morgan fingerprint density at radius 1 is 0.722 bits per heavy atom. The van der Waals surface area contributed by atoms with E-state index in [1.807, 2.05) is 44.2 Å². The normalized spacial score (nSPS) is 19.6. The van der Waals surface area contributed by atoms with Gasteiger partial charge in [0.2, 0.25) is 11.8 Å². The summed E-state index contributed by atoms with van der Waals surface area (Å²) in [6.07, 6.45) is -5.03. The molecule has 0 aromatic heterocycles. The predicted octanol–water partition coefficient (Wildman–Crippen LogP) is 1.17. The van der Waals surface area contributed by atoms with E-state index in [0.29, 0.717) is 19.8 Å². The second-order valence-corrected chi connectivity index (χ2v) is 13.0. The number of benzene rings is 1. The molecule has 1 aromatic carbocycles. The van der Waals surface area contributed by atoms with Crippen molar-refractivity contribution in [2.45, 2.75) is 85.2 Å². The number of hydrogen-bond acceptors (Lipinski definition) is 15. The van der Waals surface area contributed by atoms with Gasteiger partial charge in [0.1, 0.15) is 25.4 Å². The largest absolute Gasteiger partial charge is 0.463 e. The van der Waals surface area contributed by atoms with Crippen LogP contribution in [0.3, 0.4) is 0 Å². The molecule has 1 fully saturated rings. The third-order valence-corrected chi connectivity index (χ3v) is 7.46. The van der Waals surface area contributed by atoms with Crippen molar-refractivity contribution in [3.05, 3.63) is 35.9 Å². The molecule has 1 heterocycles. The molecule has 1 aromatic rings. The van der Waals surface area contributed by atoms with Crippen LogP contribution in [0.4, 0.5) is 4.79 Å². The molecule has 5 atom stereocenters. The maximum absolute atomic E-state index is 12.4. The van der Waals surface area contributed by atoms with E-state index in [9.17, 15) is 28.8 Å². The maximum atomic E-state index is 12.4. The summed E-state index contributed by atoms with van der Waals surface area (Å²) in [6, 6.07) is 8.27. The number of alkyl carbamates (subject to hydrolysis) is 1. The van der Waals surface area contributed by atoms with Crippen molar-refractivity contribution < 1.29 is 71.4 Å². The van der Waals surface area contributed by atoms with Crippen LogP contribution in [0.25, 0.3) is 0 Å². The third-order valence-electron chi connectivity index (χ3n) is 7.46. The topological polar surface area (TPSA) is 222 Å². The molecule has 1 aliphatic rings. The highest BCUT2D eigenvalue weighted by Crippen LogP contribution is 2.28. The zero-order valence-corrected chi connectivity index (χ0v) is 31.9. The minimum Gasteiger partial charge on any atom is -0.463 e. The Hall–Kier alpha value is -4.36. The van der Waals surface area contributed by atoms with Crippen molar-refractivity contribution in [1.82, 2.24) is 16.0 Å². The lowest BCUT2D eigenvalue weighted by Crippen LogP contribution is -2.66. The fourth-order valence-electron chi connectivity index (χ4n) is 5.11. The van der Waals surface area contributed by atoms with Crippen LogP contribution in [-0.2, 0) is 73.2 Å². The lowest BCUT2D eigenvalue weighted by molar-refractivity contribution is -0.279. The Labute approximate surface area is 315 Å². The van der Waals surface area contributed by atoms with E-state index in [-0.39, 0.29) is 65.1 Å². The van der Waals surface area contributed by atoms with E-state index >= 15 is 0 Å². The molecule has 54 heavy (non-hydrogen) atoms. The van der Waals surface area contributed by atoms with Crippen LogP contribution < -0.4 is 16.0 Å². The van der Waals surface area contributed by atoms with E-state index in [4.69, 9.17) is 42.6 Å². The molecule has 0 aliphatic carbocycles. The van der Waals surface area contributed by atoms with Crippen LogP contribution in [0, 0.1) is 5.41 Å². The van der Waals surface area contributed by atoms with Crippen LogP contribution in [0.1, 0.15) is 53.5 Å². The van der Waals surface area contributed by atoms with Crippen molar-refractivity contribution >= 4 is 35.8 Å².